The standard InChI is InChI=1S/HNO2.Sc/c2-1-3;/h1H;. The van der Waals surface area contributed by atoms with Crippen molar-refractivity contribution in [1.29, 1.82) is 0 Å². The molecule has 0 aromatic carbocycles. The van der Waals surface area contributed by atoms with E-state index in [4.69, 9.17) is 10.1 Å². The average molecular weight is 92.0 g/mol. The Bertz CT molecular complexity index is 13.5. The molecule has 0 saturated carbocycles. The second-order valence-corrected chi connectivity index (χ2v) is 0.0833. The van der Waals surface area contributed by atoms with Crippen LogP contribution in [-0.4, -0.2) is 0 Å². The van der Waals surface area contributed by atoms with Crippen LogP contribution in [0.15, 0.2) is 0 Å². The van der Waals surface area contributed by atoms with Crippen LogP contribution in [0.2, 0.25) is 0 Å². The van der Waals surface area contributed by atoms with E-state index in [0.29, 0.717) is 0 Å². The first kappa shape index (κ1) is 8.86. The molecule has 0 saturated heterocycles. The summed E-state index contributed by atoms with van der Waals surface area (Å²) in [5, 5.41) is 8.38. The Kier molecular flexibility index (Phi) is 23.1. The number of hydrogen-bond donors (Lipinski definition) is 1. The van der Waals surface area contributed by atoms with Crippen LogP contribution in [0.5, 0.6) is 0 Å². The Morgan fingerprint density at radius 1 is 1.75 bits per heavy atom. The molecule has 0 fully saturated rings. The van der Waals surface area contributed by atoms with Crippen LogP contribution in [0.1, 0.15) is 0 Å². The largest absolute Gasteiger partial charge is 0.267 e. The fourth-order valence-electron chi connectivity index (χ4n) is 0. The van der Waals surface area contributed by atoms with Crippen LogP contribution >= 0.6 is 0 Å². The zero-order valence-corrected chi connectivity index (χ0v) is 3.70. The summed E-state index contributed by atoms with van der Waals surface area (Å²) < 4.78 is 0. The fourth-order valence-corrected chi connectivity index (χ4v) is 0. The second kappa shape index (κ2) is 10.4. The number of hydrogen-bond acceptors (Lipinski definition) is 2. The van der Waals surface area contributed by atoms with Gasteiger partial charge in [-0.2, -0.15) is 0 Å². The molecule has 0 aromatic rings. The molecule has 0 aliphatic rings. The molecular weight excluding hydrogens is 91.0 g/mol. The molecule has 0 bridgehead atoms. The molecule has 0 unspecified atom stereocenters. The quantitative estimate of drug-likeness (QED) is 0.287. The summed E-state index contributed by atoms with van der Waals surface area (Å²) in [6.07, 6.45) is 0. The summed E-state index contributed by atoms with van der Waals surface area (Å²) in [7, 11) is 0. The monoisotopic (exact) mass is 92.0 g/mol. The van der Waals surface area contributed by atoms with Gasteiger partial charge in [0.05, 0.1) is 0 Å². The van der Waals surface area contributed by atoms with Gasteiger partial charge in [0, 0.05) is 31.2 Å². The minimum Gasteiger partial charge on any atom is -0.267 e. The van der Waals surface area contributed by atoms with Gasteiger partial charge in [0.25, 0.3) is 0 Å². The van der Waals surface area contributed by atoms with E-state index >= 15 is 0 Å². The van der Waals surface area contributed by atoms with E-state index in [9.17, 15) is 0 Å². The van der Waals surface area contributed by atoms with Gasteiger partial charge in [0.1, 0.15) is 0 Å². The predicted molar refractivity (Wildman–Crippen MR) is 7.70 cm³/mol. The number of rotatable bonds is 0. The van der Waals surface area contributed by atoms with Gasteiger partial charge in [-0.05, 0) is 0 Å². The second-order valence-electron chi connectivity index (χ2n) is 0.0833. The summed E-state index contributed by atoms with van der Waals surface area (Å²) in [6, 6.07) is 0. The van der Waals surface area contributed by atoms with Crippen molar-refractivity contribution >= 4 is 0 Å². The van der Waals surface area contributed by atoms with E-state index in [1.54, 1.807) is 0 Å². The molecular formula is HNO2Sc. The smallest absolute Gasteiger partial charge is 0.00366 e. The van der Waals surface area contributed by atoms with Gasteiger partial charge in [-0.1, -0.05) is 0 Å². The molecule has 0 aromatic heterocycles. The molecule has 0 atom stereocenters. The molecule has 0 amide bonds. The van der Waals surface area contributed by atoms with Gasteiger partial charge in [-0.3, -0.25) is 10.1 Å². The summed E-state index contributed by atoms with van der Waals surface area (Å²) in [4.78, 5) is 8.12. The molecule has 0 aliphatic heterocycles. The van der Waals surface area contributed by atoms with Crippen molar-refractivity contribution in [1.82, 2.24) is 0 Å². The maximum absolute atomic E-state index is 8.12. The molecule has 0 aliphatic carbocycles. The van der Waals surface area contributed by atoms with Gasteiger partial charge in [-0.25, -0.2) is 0 Å². The third-order valence-corrected chi connectivity index (χ3v) is 0. The zero-order chi connectivity index (χ0) is 2.71. The number of nitrogens with one attached hydrogen (secondary N) is 1. The van der Waals surface area contributed by atoms with Crippen molar-refractivity contribution in [3.05, 3.63) is 10.1 Å². The molecule has 1 N–H and O–H groups in total. The van der Waals surface area contributed by atoms with Crippen molar-refractivity contribution in [2.24, 2.45) is 0 Å². The summed E-state index contributed by atoms with van der Waals surface area (Å²) in [6.45, 7) is 0. The molecule has 0 rings (SSSR count). The molecule has 3 nitrogen and oxygen atoms in total. The average Bonchev–Trinajstić information content (AvgIpc) is 0.918. The van der Waals surface area contributed by atoms with Crippen molar-refractivity contribution in [2.75, 3.05) is 0 Å². The maximum atomic E-state index is 8.12. The minimum absolute atomic E-state index is 0. The topological polar surface area (TPSA) is 54.1 Å². The summed E-state index contributed by atoms with van der Waals surface area (Å²) >= 11 is 0. The Morgan fingerprint density at radius 3 is 1.75 bits per heavy atom. The first-order valence-corrected chi connectivity index (χ1v) is 0.408. The van der Waals surface area contributed by atoms with Crippen LogP contribution in [0.25, 0.3) is 0 Å². The van der Waals surface area contributed by atoms with E-state index in [1.165, 1.54) is 0 Å². The van der Waals surface area contributed by atoms with Crippen molar-refractivity contribution in [2.45, 2.75) is 0 Å². The first-order chi connectivity index (χ1) is 1.41. The molecule has 1 radical (unpaired) electrons. The summed E-state index contributed by atoms with van der Waals surface area (Å²) in [5.74, 6) is 0. The Labute approximate surface area is 41.7 Å². The van der Waals surface area contributed by atoms with Gasteiger partial charge >= 0.3 is 0 Å². The normalized spacial score (nSPS) is 3.00. The van der Waals surface area contributed by atoms with E-state index in [2.05, 4.69) is 0 Å². The first-order valence-electron chi connectivity index (χ1n) is 0.408. The Hall–Kier alpha value is 0.270. The minimum atomic E-state index is 0. The third kappa shape index (κ3) is 50.2. The Balaban J connectivity index is 0. The SMILES string of the molecule is O=[NH+][O-].[Sc]. The van der Waals surface area contributed by atoms with Crippen molar-refractivity contribution in [3.8, 4) is 0 Å². The van der Waals surface area contributed by atoms with Crippen LogP contribution in [0.4, 0.5) is 0 Å². The van der Waals surface area contributed by atoms with Gasteiger partial charge in [0.2, 0.25) is 0 Å². The fraction of sp³-hybridized carbons (Fsp3) is 0. The molecule has 0 heterocycles. The van der Waals surface area contributed by atoms with Crippen LogP contribution in [0, 0.1) is 10.1 Å². The molecule has 0 spiro atoms. The predicted octanol–water partition coefficient (Wildman–Crippen LogP) is -1.67. The molecule has 21 valence electrons. The molecule has 4 heavy (non-hydrogen) atoms. The van der Waals surface area contributed by atoms with Crippen molar-refractivity contribution in [3.63, 3.8) is 0 Å². The van der Waals surface area contributed by atoms with Crippen molar-refractivity contribution < 1.29 is 31.2 Å². The van der Waals surface area contributed by atoms with Crippen LogP contribution in [-0.2, 0) is 25.8 Å². The van der Waals surface area contributed by atoms with E-state index in [1.807, 2.05) is 0 Å². The van der Waals surface area contributed by atoms with Gasteiger partial charge < -0.3 is 0 Å². The van der Waals surface area contributed by atoms with E-state index in [0.717, 1.165) is 0 Å². The maximum Gasteiger partial charge on any atom is 0.00366 e. The van der Waals surface area contributed by atoms with Gasteiger partial charge in [-0.15, -0.1) is 0 Å². The van der Waals surface area contributed by atoms with Crippen LogP contribution in [0.3, 0.4) is 0 Å². The summed E-state index contributed by atoms with van der Waals surface area (Å²) in [5.41, 5.74) is 0. The molecule has 4 heteroatoms. The van der Waals surface area contributed by atoms with Crippen LogP contribution < -0.4 is 5.34 Å². The third-order valence-electron chi connectivity index (χ3n) is 0. The van der Waals surface area contributed by atoms with E-state index < -0.39 is 0 Å². The zero-order valence-electron chi connectivity index (χ0n) is 1.89. The Morgan fingerprint density at radius 2 is 1.75 bits per heavy atom. The van der Waals surface area contributed by atoms with E-state index in [-0.39, 0.29) is 31.2 Å². The van der Waals surface area contributed by atoms with Gasteiger partial charge in [0.15, 0.2) is 0 Å².